The standard InChI is InChI=1S/C16H26N2O2/c1-3-17(6-7-18-8-10-20-11-9-18)13-15-12-14(2)4-5-16(15)19/h4-5,12,19H,3,6-11,13H2,1-2H3. The number of ether oxygens (including phenoxy) is 1. The molecule has 1 heterocycles. The summed E-state index contributed by atoms with van der Waals surface area (Å²) in [5, 5.41) is 9.94. The van der Waals surface area contributed by atoms with Gasteiger partial charge in [0.2, 0.25) is 0 Å². The van der Waals surface area contributed by atoms with Gasteiger partial charge in [-0.3, -0.25) is 9.80 Å². The summed E-state index contributed by atoms with van der Waals surface area (Å²) in [4.78, 5) is 4.83. The summed E-state index contributed by atoms with van der Waals surface area (Å²) in [6.07, 6.45) is 0. The molecule has 1 aromatic rings. The lowest BCUT2D eigenvalue weighted by molar-refractivity contribution is 0.0332. The molecule has 1 aromatic carbocycles. The number of phenolic OH excluding ortho intramolecular Hbond substituents is 1. The second kappa shape index (κ2) is 7.62. The molecule has 1 aliphatic heterocycles. The molecule has 0 aromatic heterocycles. The number of hydrogen-bond donors (Lipinski definition) is 1. The average Bonchev–Trinajstić information content (AvgIpc) is 2.48. The van der Waals surface area contributed by atoms with Crippen molar-refractivity contribution in [1.29, 1.82) is 0 Å². The number of nitrogens with zero attached hydrogens (tertiary/aromatic N) is 2. The number of morpholine rings is 1. The minimum absolute atomic E-state index is 0.403. The molecule has 0 aliphatic carbocycles. The van der Waals surface area contributed by atoms with E-state index in [0.717, 1.165) is 58.0 Å². The highest BCUT2D eigenvalue weighted by Crippen LogP contribution is 2.20. The van der Waals surface area contributed by atoms with Gasteiger partial charge in [0, 0.05) is 38.3 Å². The highest BCUT2D eigenvalue weighted by molar-refractivity contribution is 5.35. The Morgan fingerprint density at radius 3 is 2.75 bits per heavy atom. The van der Waals surface area contributed by atoms with Gasteiger partial charge in [-0.05, 0) is 19.5 Å². The second-order valence-corrected chi connectivity index (χ2v) is 5.45. The van der Waals surface area contributed by atoms with E-state index < -0.39 is 0 Å². The van der Waals surface area contributed by atoms with Gasteiger partial charge in [-0.15, -0.1) is 0 Å². The molecule has 4 heteroatoms. The van der Waals surface area contributed by atoms with Crippen LogP contribution in [0.25, 0.3) is 0 Å². The van der Waals surface area contributed by atoms with Crippen molar-refractivity contribution in [3.8, 4) is 5.75 Å². The van der Waals surface area contributed by atoms with Crippen molar-refractivity contribution in [3.63, 3.8) is 0 Å². The van der Waals surface area contributed by atoms with Crippen molar-refractivity contribution in [2.75, 3.05) is 45.9 Å². The minimum atomic E-state index is 0.403. The van der Waals surface area contributed by atoms with Gasteiger partial charge < -0.3 is 9.84 Å². The first-order valence-electron chi connectivity index (χ1n) is 7.50. The molecule has 0 unspecified atom stereocenters. The lowest BCUT2D eigenvalue weighted by atomic mass is 10.1. The van der Waals surface area contributed by atoms with Crippen LogP contribution in [0.1, 0.15) is 18.1 Å². The van der Waals surface area contributed by atoms with Crippen LogP contribution in [0.4, 0.5) is 0 Å². The summed E-state index contributed by atoms with van der Waals surface area (Å²) < 4.78 is 5.37. The van der Waals surface area contributed by atoms with Crippen LogP contribution < -0.4 is 0 Å². The van der Waals surface area contributed by atoms with E-state index in [1.807, 2.05) is 6.07 Å². The third-order valence-corrected chi connectivity index (χ3v) is 3.91. The Balaban J connectivity index is 1.86. The number of phenols is 1. The fourth-order valence-corrected chi connectivity index (χ4v) is 2.54. The molecular weight excluding hydrogens is 252 g/mol. The summed E-state index contributed by atoms with van der Waals surface area (Å²) in [5.74, 6) is 0.403. The van der Waals surface area contributed by atoms with Crippen molar-refractivity contribution in [3.05, 3.63) is 29.3 Å². The molecule has 0 spiro atoms. The Labute approximate surface area is 122 Å². The second-order valence-electron chi connectivity index (χ2n) is 5.45. The molecule has 2 rings (SSSR count). The first kappa shape index (κ1) is 15.3. The first-order valence-corrected chi connectivity index (χ1v) is 7.50. The van der Waals surface area contributed by atoms with Crippen LogP contribution in [-0.2, 0) is 11.3 Å². The fourth-order valence-electron chi connectivity index (χ4n) is 2.54. The molecule has 0 bridgehead atoms. The first-order chi connectivity index (χ1) is 9.69. The van der Waals surface area contributed by atoms with Crippen LogP contribution in [0.15, 0.2) is 18.2 Å². The molecule has 4 nitrogen and oxygen atoms in total. The maximum absolute atomic E-state index is 9.94. The molecule has 0 amide bonds. The number of aryl methyl sites for hydroxylation is 1. The molecule has 112 valence electrons. The van der Waals surface area contributed by atoms with Gasteiger partial charge in [0.25, 0.3) is 0 Å². The van der Waals surface area contributed by atoms with Crippen LogP contribution in [0.5, 0.6) is 5.75 Å². The zero-order valence-electron chi connectivity index (χ0n) is 12.6. The number of aromatic hydroxyl groups is 1. The number of likely N-dealkylation sites (N-methyl/N-ethyl adjacent to an activating group) is 1. The molecule has 1 N–H and O–H groups in total. The van der Waals surface area contributed by atoms with Crippen molar-refractivity contribution in [1.82, 2.24) is 9.80 Å². The Morgan fingerprint density at radius 1 is 1.30 bits per heavy atom. The van der Waals surface area contributed by atoms with E-state index in [-0.39, 0.29) is 0 Å². The van der Waals surface area contributed by atoms with E-state index >= 15 is 0 Å². The van der Waals surface area contributed by atoms with Gasteiger partial charge in [-0.2, -0.15) is 0 Å². The number of benzene rings is 1. The molecule has 20 heavy (non-hydrogen) atoms. The monoisotopic (exact) mass is 278 g/mol. The van der Waals surface area contributed by atoms with Gasteiger partial charge in [-0.1, -0.05) is 24.6 Å². The predicted octanol–water partition coefficient (Wildman–Crippen LogP) is 1.85. The fraction of sp³-hybridized carbons (Fsp3) is 0.625. The van der Waals surface area contributed by atoms with Crippen LogP contribution in [0.3, 0.4) is 0 Å². The van der Waals surface area contributed by atoms with E-state index in [1.165, 1.54) is 5.56 Å². The summed E-state index contributed by atoms with van der Waals surface area (Å²) in [6, 6.07) is 5.82. The zero-order chi connectivity index (χ0) is 14.4. The van der Waals surface area contributed by atoms with Gasteiger partial charge in [-0.25, -0.2) is 0 Å². The summed E-state index contributed by atoms with van der Waals surface area (Å²) in [5.41, 5.74) is 2.22. The molecule has 1 aliphatic rings. The minimum Gasteiger partial charge on any atom is -0.508 e. The normalized spacial score (nSPS) is 16.8. The zero-order valence-corrected chi connectivity index (χ0v) is 12.6. The largest absolute Gasteiger partial charge is 0.508 e. The number of rotatable bonds is 6. The summed E-state index contributed by atoms with van der Waals surface area (Å²) >= 11 is 0. The third-order valence-electron chi connectivity index (χ3n) is 3.91. The highest BCUT2D eigenvalue weighted by atomic mass is 16.5. The topological polar surface area (TPSA) is 35.9 Å². The van der Waals surface area contributed by atoms with Crippen molar-refractivity contribution < 1.29 is 9.84 Å². The van der Waals surface area contributed by atoms with Crippen LogP contribution >= 0.6 is 0 Å². The van der Waals surface area contributed by atoms with Crippen LogP contribution in [0, 0.1) is 6.92 Å². The van der Waals surface area contributed by atoms with E-state index in [0.29, 0.717) is 5.75 Å². The Kier molecular flexibility index (Phi) is 5.83. The van der Waals surface area contributed by atoms with E-state index in [1.54, 1.807) is 6.07 Å². The van der Waals surface area contributed by atoms with E-state index in [4.69, 9.17) is 4.74 Å². The lowest BCUT2D eigenvalue weighted by Crippen LogP contribution is -2.41. The Hall–Kier alpha value is -1.10. The van der Waals surface area contributed by atoms with Gasteiger partial charge in [0.05, 0.1) is 13.2 Å². The summed E-state index contributed by atoms with van der Waals surface area (Å²) in [7, 11) is 0. The van der Waals surface area contributed by atoms with E-state index in [2.05, 4.69) is 29.7 Å². The average molecular weight is 278 g/mol. The third kappa shape index (κ3) is 4.47. The molecule has 1 saturated heterocycles. The highest BCUT2D eigenvalue weighted by Gasteiger charge is 2.13. The van der Waals surface area contributed by atoms with Crippen LogP contribution in [0.2, 0.25) is 0 Å². The predicted molar refractivity (Wildman–Crippen MR) is 81.1 cm³/mol. The molecule has 0 saturated carbocycles. The Bertz CT molecular complexity index is 417. The maximum atomic E-state index is 9.94. The van der Waals surface area contributed by atoms with Crippen LogP contribution in [-0.4, -0.2) is 60.8 Å². The molecule has 1 fully saturated rings. The maximum Gasteiger partial charge on any atom is 0.120 e. The summed E-state index contributed by atoms with van der Waals surface area (Å²) in [6.45, 7) is 11.9. The van der Waals surface area contributed by atoms with Crippen molar-refractivity contribution in [2.24, 2.45) is 0 Å². The molecule has 0 atom stereocenters. The van der Waals surface area contributed by atoms with Gasteiger partial charge in [0.15, 0.2) is 0 Å². The van der Waals surface area contributed by atoms with Gasteiger partial charge in [0.1, 0.15) is 5.75 Å². The van der Waals surface area contributed by atoms with Crippen molar-refractivity contribution >= 4 is 0 Å². The Morgan fingerprint density at radius 2 is 2.05 bits per heavy atom. The molecule has 0 radical (unpaired) electrons. The number of hydrogen-bond acceptors (Lipinski definition) is 4. The SMILES string of the molecule is CCN(CCN1CCOCC1)Cc1cc(C)ccc1O. The van der Waals surface area contributed by atoms with Gasteiger partial charge >= 0.3 is 0 Å². The molecular formula is C16H26N2O2. The smallest absolute Gasteiger partial charge is 0.120 e. The van der Waals surface area contributed by atoms with E-state index in [9.17, 15) is 5.11 Å². The quantitative estimate of drug-likeness (QED) is 0.861. The lowest BCUT2D eigenvalue weighted by Gasteiger charge is -2.29. The van der Waals surface area contributed by atoms with Crippen molar-refractivity contribution in [2.45, 2.75) is 20.4 Å².